The highest BCUT2D eigenvalue weighted by Crippen LogP contribution is 2.26. The van der Waals surface area contributed by atoms with Crippen molar-refractivity contribution >= 4 is 29.6 Å². The first-order chi connectivity index (χ1) is 13.2. The number of likely N-dealkylation sites (tertiary alicyclic amines) is 1. The van der Waals surface area contributed by atoms with Gasteiger partial charge in [-0.05, 0) is 39.7 Å². The standard InChI is InChI=1S/C18H26ClN5O4/c1-4-23(22-18(27)28)17(26)20-8-7-15-14(19)9-13(10-21-15)16(25)24-11(2)5-6-12(24)3/h9-12,22H,4-8H2,1-3H3,(H,20,26)(H,27,28)/t11-,12+. The second-order valence-electron chi connectivity index (χ2n) is 6.78. The molecule has 1 saturated heterocycles. The maximum absolute atomic E-state index is 12.7. The highest BCUT2D eigenvalue weighted by molar-refractivity contribution is 6.31. The summed E-state index contributed by atoms with van der Waals surface area (Å²) in [5.41, 5.74) is 2.99. The number of carboxylic acid groups (broad SMARTS) is 1. The molecule has 0 saturated carbocycles. The van der Waals surface area contributed by atoms with E-state index in [4.69, 9.17) is 16.7 Å². The lowest BCUT2D eigenvalue weighted by molar-refractivity contribution is 0.0692. The monoisotopic (exact) mass is 411 g/mol. The van der Waals surface area contributed by atoms with Crippen molar-refractivity contribution in [3.05, 3.63) is 28.5 Å². The van der Waals surface area contributed by atoms with Gasteiger partial charge in [-0.2, -0.15) is 0 Å². The first-order valence-electron chi connectivity index (χ1n) is 9.26. The maximum Gasteiger partial charge on any atom is 0.423 e. The summed E-state index contributed by atoms with van der Waals surface area (Å²) in [6.45, 7) is 6.11. The Hall–Kier alpha value is -2.55. The van der Waals surface area contributed by atoms with E-state index in [1.54, 1.807) is 13.0 Å². The summed E-state index contributed by atoms with van der Waals surface area (Å²) >= 11 is 6.28. The normalized spacial score (nSPS) is 18.6. The molecule has 0 aliphatic carbocycles. The van der Waals surface area contributed by atoms with Crippen molar-refractivity contribution in [3.8, 4) is 0 Å². The number of pyridine rings is 1. The Morgan fingerprint density at radius 3 is 2.50 bits per heavy atom. The molecule has 0 radical (unpaired) electrons. The molecule has 1 fully saturated rings. The third-order valence-corrected chi connectivity index (χ3v) is 5.11. The molecule has 1 aromatic heterocycles. The number of hydrogen-bond acceptors (Lipinski definition) is 4. The molecule has 1 aliphatic heterocycles. The van der Waals surface area contributed by atoms with Gasteiger partial charge in [-0.15, -0.1) is 0 Å². The average Bonchev–Trinajstić information content (AvgIpc) is 2.98. The molecule has 4 amide bonds. The van der Waals surface area contributed by atoms with E-state index in [0.29, 0.717) is 22.7 Å². The Labute approximate surface area is 169 Å². The van der Waals surface area contributed by atoms with Gasteiger partial charge in [0.25, 0.3) is 5.91 Å². The molecule has 3 N–H and O–H groups in total. The highest BCUT2D eigenvalue weighted by Gasteiger charge is 2.32. The molecule has 1 aliphatic rings. The van der Waals surface area contributed by atoms with Gasteiger partial charge in [0.1, 0.15) is 0 Å². The van der Waals surface area contributed by atoms with Crippen LogP contribution in [0, 0.1) is 0 Å². The molecular weight excluding hydrogens is 386 g/mol. The number of rotatable bonds is 5. The number of carbonyl (C=O) groups excluding carboxylic acids is 2. The Balaban J connectivity index is 1.94. The molecule has 0 spiro atoms. The van der Waals surface area contributed by atoms with E-state index in [-0.39, 0.29) is 31.1 Å². The summed E-state index contributed by atoms with van der Waals surface area (Å²) in [4.78, 5) is 41.4. The molecule has 0 aromatic carbocycles. The van der Waals surface area contributed by atoms with Crippen molar-refractivity contribution in [2.24, 2.45) is 0 Å². The van der Waals surface area contributed by atoms with Gasteiger partial charge in [0.15, 0.2) is 0 Å². The van der Waals surface area contributed by atoms with E-state index in [2.05, 4.69) is 10.3 Å². The number of hydrogen-bond donors (Lipinski definition) is 3. The molecule has 10 heteroatoms. The fourth-order valence-corrected chi connectivity index (χ4v) is 3.54. The summed E-state index contributed by atoms with van der Waals surface area (Å²) in [7, 11) is 0. The van der Waals surface area contributed by atoms with Crippen molar-refractivity contribution < 1.29 is 19.5 Å². The smallest absolute Gasteiger partial charge is 0.423 e. The molecule has 154 valence electrons. The van der Waals surface area contributed by atoms with Crippen LogP contribution in [0.3, 0.4) is 0 Å². The summed E-state index contributed by atoms with van der Waals surface area (Å²) in [6, 6.07) is 1.43. The lowest BCUT2D eigenvalue weighted by Gasteiger charge is -2.26. The van der Waals surface area contributed by atoms with Crippen molar-refractivity contribution in [2.75, 3.05) is 13.1 Å². The zero-order chi connectivity index (χ0) is 20.8. The van der Waals surface area contributed by atoms with E-state index in [0.717, 1.165) is 17.9 Å². The molecule has 0 bridgehead atoms. The minimum Gasteiger partial charge on any atom is -0.464 e. The molecule has 28 heavy (non-hydrogen) atoms. The van der Waals surface area contributed by atoms with Gasteiger partial charge in [-0.3, -0.25) is 9.78 Å². The lowest BCUT2D eigenvalue weighted by Crippen LogP contribution is -2.50. The van der Waals surface area contributed by atoms with Gasteiger partial charge in [0.2, 0.25) is 0 Å². The molecular formula is C18H26ClN5O4. The topological polar surface area (TPSA) is 115 Å². The Morgan fingerprint density at radius 1 is 1.32 bits per heavy atom. The number of halogens is 1. The van der Waals surface area contributed by atoms with Crippen LogP contribution in [-0.2, 0) is 6.42 Å². The van der Waals surface area contributed by atoms with Crippen LogP contribution in [0.4, 0.5) is 9.59 Å². The van der Waals surface area contributed by atoms with Gasteiger partial charge in [0, 0.05) is 37.8 Å². The number of carbonyl (C=O) groups is 3. The zero-order valence-electron chi connectivity index (χ0n) is 16.2. The van der Waals surface area contributed by atoms with Crippen molar-refractivity contribution in [1.29, 1.82) is 0 Å². The van der Waals surface area contributed by atoms with Crippen LogP contribution in [0.15, 0.2) is 12.3 Å². The first kappa shape index (κ1) is 21.7. The Kier molecular flexibility index (Phi) is 7.45. The molecule has 2 rings (SSSR count). The van der Waals surface area contributed by atoms with Gasteiger partial charge >= 0.3 is 12.1 Å². The van der Waals surface area contributed by atoms with Crippen LogP contribution in [0.2, 0.25) is 5.02 Å². The quantitative estimate of drug-likeness (QED) is 0.644. The van der Waals surface area contributed by atoms with E-state index < -0.39 is 12.1 Å². The fourth-order valence-electron chi connectivity index (χ4n) is 3.28. The Bertz CT molecular complexity index is 735. The number of nitrogens with one attached hydrogen (secondary N) is 2. The van der Waals surface area contributed by atoms with Gasteiger partial charge < -0.3 is 15.3 Å². The maximum atomic E-state index is 12.7. The number of nitrogens with zero attached hydrogens (tertiary/aromatic N) is 3. The molecule has 9 nitrogen and oxygen atoms in total. The summed E-state index contributed by atoms with van der Waals surface area (Å²) < 4.78 is 0. The number of aromatic nitrogens is 1. The van der Waals surface area contributed by atoms with Crippen LogP contribution in [0.25, 0.3) is 0 Å². The zero-order valence-corrected chi connectivity index (χ0v) is 17.0. The SMILES string of the molecule is CCN(NC(=O)O)C(=O)NCCc1ncc(C(=O)N2[C@H](C)CC[C@@H]2C)cc1Cl. The van der Waals surface area contributed by atoms with Crippen LogP contribution in [-0.4, -0.2) is 63.2 Å². The second kappa shape index (κ2) is 9.59. The molecule has 2 atom stereocenters. The summed E-state index contributed by atoms with van der Waals surface area (Å²) in [5, 5.41) is 12.6. The van der Waals surface area contributed by atoms with E-state index in [9.17, 15) is 14.4 Å². The largest absolute Gasteiger partial charge is 0.464 e. The number of hydrazine groups is 1. The molecule has 1 aromatic rings. The minimum absolute atomic E-state index is 0.0786. The van der Waals surface area contributed by atoms with E-state index >= 15 is 0 Å². The van der Waals surface area contributed by atoms with Crippen molar-refractivity contribution in [1.82, 2.24) is 25.6 Å². The van der Waals surface area contributed by atoms with E-state index in [1.165, 1.54) is 6.20 Å². The average molecular weight is 412 g/mol. The third-order valence-electron chi connectivity index (χ3n) is 4.78. The van der Waals surface area contributed by atoms with Crippen molar-refractivity contribution in [3.63, 3.8) is 0 Å². The molecule has 0 unspecified atom stereocenters. The van der Waals surface area contributed by atoms with E-state index in [1.807, 2.05) is 24.2 Å². The third kappa shape index (κ3) is 5.25. The van der Waals surface area contributed by atoms with Crippen LogP contribution in [0.5, 0.6) is 0 Å². The highest BCUT2D eigenvalue weighted by atomic mass is 35.5. The Morgan fingerprint density at radius 2 is 1.96 bits per heavy atom. The minimum atomic E-state index is -1.32. The molecule has 2 heterocycles. The van der Waals surface area contributed by atoms with Gasteiger partial charge in [-0.1, -0.05) is 11.6 Å². The number of urea groups is 1. The van der Waals surface area contributed by atoms with Gasteiger partial charge in [0.05, 0.1) is 16.3 Å². The first-order valence-corrected chi connectivity index (χ1v) is 9.64. The second-order valence-corrected chi connectivity index (χ2v) is 7.19. The van der Waals surface area contributed by atoms with Gasteiger partial charge in [-0.25, -0.2) is 20.0 Å². The summed E-state index contributed by atoms with van der Waals surface area (Å²) in [6.07, 6.45) is 2.51. The van der Waals surface area contributed by atoms with Crippen LogP contribution >= 0.6 is 11.6 Å². The van der Waals surface area contributed by atoms with Crippen LogP contribution < -0.4 is 10.7 Å². The number of amides is 4. The van der Waals surface area contributed by atoms with Crippen molar-refractivity contribution in [2.45, 2.75) is 52.1 Å². The summed E-state index contributed by atoms with van der Waals surface area (Å²) in [5.74, 6) is -0.0786. The fraction of sp³-hybridized carbons (Fsp3) is 0.556. The van der Waals surface area contributed by atoms with Crippen LogP contribution in [0.1, 0.15) is 49.7 Å². The predicted molar refractivity (Wildman–Crippen MR) is 104 cm³/mol. The lowest BCUT2D eigenvalue weighted by atomic mass is 10.2. The predicted octanol–water partition coefficient (Wildman–Crippen LogP) is 2.50.